The van der Waals surface area contributed by atoms with Crippen molar-refractivity contribution in [2.75, 3.05) is 11.1 Å². The van der Waals surface area contributed by atoms with Crippen LogP contribution in [0, 0.1) is 0 Å². The Morgan fingerprint density at radius 3 is 2.52 bits per heavy atom. The van der Waals surface area contributed by atoms with E-state index in [9.17, 15) is 4.79 Å². The van der Waals surface area contributed by atoms with Crippen LogP contribution in [0.3, 0.4) is 0 Å². The number of nitrogens with one attached hydrogen (secondary N) is 1. The Balaban J connectivity index is 1.59. The molecule has 0 bridgehead atoms. The zero-order valence-corrected chi connectivity index (χ0v) is 15.0. The second-order valence-corrected chi connectivity index (χ2v) is 6.88. The lowest BCUT2D eigenvalue weighted by Crippen LogP contribution is -2.14. The smallest absolute Gasteiger partial charge is 0.234 e. The monoisotopic (exact) mass is 352 g/mol. The highest BCUT2D eigenvalue weighted by Gasteiger charge is 2.10. The summed E-state index contributed by atoms with van der Waals surface area (Å²) in [4.78, 5) is 12.2. The average Bonchev–Trinajstić information content (AvgIpc) is 3.10. The highest BCUT2D eigenvalue weighted by Crippen LogP contribution is 2.20. The molecule has 3 aromatic rings. The van der Waals surface area contributed by atoms with Crippen molar-refractivity contribution in [1.82, 2.24) is 14.8 Å². The number of aromatic nitrogens is 3. The van der Waals surface area contributed by atoms with Crippen LogP contribution in [0.4, 0.5) is 5.69 Å². The van der Waals surface area contributed by atoms with Gasteiger partial charge in [-0.1, -0.05) is 55.9 Å². The van der Waals surface area contributed by atoms with E-state index in [0.717, 1.165) is 11.4 Å². The second-order valence-electron chi connectivity index (χ2n) is 5.93. The summed E-state index contributed by atoms with van der Waals surface area (Å²) in [5.74, 6) is 0.687. The summed E-state index contributed by atoms with van der Waals surface area (Å²) >= 11 is 1.36. The summed E-state index contributed by atoms with van der Waals surface area (Å²) in [6, 6.07) is 17.8. The van der Waals surface area contributed by atoms with Gasteiger partial charge in [-0.3, -0.25) is 9.36 Å². The molecule has 25 heavy (non-hydrogen) atoms. The third kappa shape index (κ3) is 4.48. The largest absolute Gasteiger partial charge is 0.325 e. The van der Waals surface area contributed by atoms with Gasteiger partial charge < -0.3 is 5.32 Å². The molecule has 3 rings (SSSR count). The van der Waals surface area contributed by atoms with Gasteiger partial charge in [0.15, 0.2) is 5.16 Å². The first-order valence-electron chi connectivity index (χ1n) is 8.11. The van der Waals surface area contributed by atoms with Crippen molar-refractivity contribution in [3.05, 3.63) is 66.5 Å². The number of para-hydroxylation sites is 1. The molecular formula is C19H20N4OS. The van der Waals surface area contributed by atoms with Gasteiger partial charge in [0.25, 0.3) is 0 Å². The van der Waals surface area contributed by atoms with Gasteiger partial charge in [0.1, 0.15) is 6.33 Å². The van der Waals surface area contributed by atoms with Crippen LogP contribution < -0.4 is 5.32 Å². The van der Waals surface area contributed by atoms with Gasteiger partial charge >= 0.3 is 0 Å². The average molecular weight is 352 g/mol. The minimum absolute atomic E-state index is 0.0649. The van der Waals surface area contributed by atoms with Crippen molar-refractivity contribution >= 4 is 23.4 Å². The molecule has 6 heteroatoms. The van der Waals surface area contributed by atoms with E-state index in [2.05, 4.69) is 29.4 Å². The molecule has 0 radical (unpaired) electrons. The van der Waals surface area contributed by atoms with E-state index in [-0.39, 0.29) is 11.7 Å². The lowest BCUT2D eigenvalue weighted by molar-refractivity contribution is -0.113. The molecule has 1 amide bonds. The van der Waals surface area contributed by atoms with Gasteiger partial charge in [0.05, 0.1) is 5.75 Å². The molecule has 1 aromatic heterocycles. The number of carbonyl (C=O) groups is 1. The van der Waals surface area contributed by atoms with Crippen LogP contribution >= 0.6 is 11.8 Å². The predicted molar refractivity (Wildman–Crippen MR) is 101 cm³/mol. The molecule has 0 aliphatic heterocycles. The van der Waals surface area contributed by atoms with Crippen molar-refractivity contribution in [2.45, 2.75) is 24.9 Å². The quantitative estimate of drug-likeness (QED) is 0.678. The summed E-state index contributed by atoms with van der Waals surface area (Å²) < 4.78 is 1.87. The molecule has 0 spiro atoms. The van der Waals surface area contributed by atoms with Crippen LogP contribution in [0.25, 0.3) is 5.69 Å². The molecule has 0 saturated heterocycles. The van der Waals surface area contributed by atoms with Gasteiger partial charge in [-0.05, 0) is 35.7 Å². The van der Waals surface area contributed by atoms with Crippen molar-refractivity contribution in [2.24, 2.45) is 0 Å². The fourth-order valence-corrected chi connectivity index (χ4v) is 3.10. The summed E-state index contributed by atoms with van der Waals surface area (Å²) in [7, 11) is 0. The SMILES string of the molecule is CC(C)c1ccc(NC(=O)CSc2nncn2-c2ccccc2)cc1. The van der Waals surface area contributed by atoms with Crippen LogP contribution in [0.1, 0.15) is 25.3 Å². The van der Waals surface area contributed by atoms with E-state index >= 15 is 0 Å². The van der Waals surface area contributed by atoms with Crippen LogP contribution in [-0.2, 0) is 4.79 Å². The standard InChI is InChI=1S/C19H20N4OS/c1-14(2)15-8-10-16(11-9-15)21-18(24)12-25-19-22-20-13-23(19)17-6-4-3-5-7-17/h3-11,13-14H,12H2,1-2H3,(H,21,24). The highest BCUT2D eigenvalue weighted by atomic mass is 32.2. The molecule has 5 nitrogen and oxygen atoms in total. The van der Waals surface area contributed by atoms with Crippen LogP contribution in [0.15, 0.2) is 66.1 Å². The number of benzene rings is 2. The maximum Gasteiger partial charge on any atom is 0.234 e. The highest BCUT2D eigenvalue weighted by molar-refractivity contribution is 7.99. The number of thioether (sulfide) groups is 1. The molecule has 1 N–H and O–H groups in total. The Bertz CT molecular complexity index is 828. The summed E-state index contributed by atoms with van der Waals surface area (Å²) in [5, 5.41) is 11.6. The molecule has 1 heterocycles. The van der Waals surface area contributed by atoms with Gasteiger partial charge in [-0.2, -0.15) is 0 Å². The predicted octanol–water partition coefficient (Wildman–Crippen LogP) is 4.12. The van der Waals surface area contributed by atoms with Gasteiger partial charge in [0.2, 0.25) is 5.91 Å². The fraction of sp³-hybridized carbons (Fsp3) is 0.211. The van der Waals surface area contributed by atoms with E-state index in [0.29, 0.717) is 11.1 Å². The summed E-state index contributed by atoms with van der Waals surface area (Å²) in [6.07, 6.45) is 1.65. The van der Waals surface area contributed by atoms with E-state index < -0.39 is 0 Å². The summed E-state index contributed by atoms with van der Waals surface area (Å²) in [6.45, 7) is 4.29. The van der Waals surface area contributed by atoms with Crippen LogP contribution in [0.5, 0.6) is 0 Å². The number of rotatable bonds is 6. The number of hydrogen-bond acceptors (Lipinski definition) is 4. The molecular weight excluding hydrogens is 332 g/mol. The number of carbonyl (C=O) groups excluding carboxylic acids is 1. The first-order chi connectivity index (χ1) is 12.1. The number of amides is 1. The van der Waals surface area contributed by atoms with Gasteiger partial charge in [-0.15, -0.1) is 10.2 Å². The zero-order valence-electron chi connectivity index (χ0n) is 14.2. The topological polar surface area (TPSA) is 59.8 Å². The van der Waals surface area contributed by atoms with Crippen molar-refractivity contribution in [3.63, 3.8) is 0 Å². The lowest BCUT2D eigenvalue weighted by atomic mass is 10.0. The Morgan fingerprint density at radius 1 is 1.12 bits per heavy atom. The maximum absolute atomic E-state index is 12.2. The Labute approximate surface area is 151 Å². The van der Waals surface area contributed by atoms with Crippen LogP contribution in [-0.4, -0.2) is 26.4 Å². The third-order valence-corrected chi connectivity index (χ3v) is 4.69. The Kier molecular flexibility index (Phi) is 5.50. The zero-order chi connectivity index (χ0) is 17.6. The minimum atomic E-state index is -0.0649. The van der Waals surface area contributed by atoms with Crippen molar-refractivity contribution < 1.29 is 4.79 Å². The maximum atomic E-state index is 12.2. The van der Waals surface area contributed by atoms with E-state index in [1.807, 2.05) is 59.2 Å². The lowest BCUT2D eigenvalue weighted by Gasteiger charge is -2.09. The fourth-order valence-electron chi connectivity index (χ4n) is 2.37. The molecule has 0 aliphatic rings. The van der Waals surface area contributed by atoms with E-state index in [1.165, 1.54) is 17.3 Å². The normalized spacial score (nSPS) is 10.8. The molecule has 0 atom stereocenters. The summed E-state index contributed by atoms with van der Waals surface area (Å²) in [5.41, 5.74) is 3.03. The molecule has 0 saturated carbocycles. The second kappa shape index (κ2) is 7.98. The first-order valence-corrected chi connectivity index (χ1v) is 9.10. The number of hydrogen-bond donors (Lipinski definition) is 1. The van der Waals surface area contributed by atoms with Gasteiger partial charge in [-0.25, -0.2) is 0 Å². The molecule has 2 aromatic carbocycles. The van der Waals surface area contributed by atoms with Crippen molar-refractivity contribution in [1.29, 1.82) is 0 Å². The third-order valence-electron chi connectivity index (χ3n) is 3.74. The molecule has 128 valence electrons. The minimum Gasteiger partial charge on any atom is -0.325 e. The van der Waals surface area contributed by atoms with Gasteiger partial charge in [0, 0.05) is 11.4 Å². The van der Waals surface area contributed by atoms with E-state index in [4.69, 9.17) is 0 Å². The molecule has 0 unspecified atom stereocenters. The van der Waals surface area contributed by atoms with E-state index in [1.54, 1.807) is 6.33 Å². The van der Waals surface area contributed by atoms with Crippen LogP contribution in [0.2, 0.25) is 0 Å². The Morgan fingerprint density at radius 2 is 1.84 bits per heavy atom. The number of anilines is 1. The Hall–Kier alpha value is -2.60. The number of nitrogens with zero attached hydrogens (tertiary/aromatic N) is 3. The first kappa shape index (κ1) is 17.2. The molecule has 0 aliphatic carbocycles. The molecule has 0 fully saturated rings. The van der Waals surface area contributed by atoms with Crippen molar-refractivity contribution in [3.8, 4) is 5.69 Å².